The van der Waals surface area contributed by atoms with Gasteiger partial charge in [0.05, 0.1) is 29.9 Å². The second-order valence-electron chi connectivity index (χ2n) is 10.9. The number of hydrogen-bond acceptors (Lipinski definition) is 9. The van der Waals surface area contributed by atoms with E-state index in [1.54, 1.807) is 24.5 Å². The summed E-state index contributed by atoms with van der Waals surface area (Å²) < 4.78 is 0. The molecule has 0 aliphatic carbocycles. The molecule has 39 heavy (non-hydrogen) atoms. The van der Waals surface area contributed by atoms with Gasteiger partial charge in [-0.2, -0.15) is 0 Å². The van der Waals surface area contributed by atoms with E-state index in [4.69, 9.17) is 15.7 Å². The van der Waals surface area contributed by atoms with Crippen LogP contribution >= 0.6 is 11.3 Å². The van der Waals surface area contributed by atoms with Crippen molar-refractivity contribution in [1.29, 1.82) is 0 Å². The second-order valence-corrected chi connectivity index (χ2v) is 11.9. The van der Waals surface area contributed by atoms with E-state index in [1.807, 2.05) is 58.9 Å². The van der Waals surface area contributed by atoms with Crippen LogP contribution in [0.3, 0.4) is 0 Å². The number of nitrogen functional groups attached to an aromatic ring is 1. The summed E-state index contributed by atoms with van der Waals surface area (Å²) in [6, 6.07) is 10.9. The maximum absolute atomic E-state index is 13.1. The number of thiophene rings is 1. The van der Waals surface area contributed by atoms with Gasteiger partial charge in [0.25, 0.3) is 5.91 Å². The molecule has 0 bridgehead atoms. The van der Waals surface area contributed by atoms with Crippen molar-refractivity contribution >= 4 is 44.7 Å². The normalized spacial score (nSPS) is 11.9. The molecule has 0 aliphatic heterocycles. The van der Waals surface area contributed by atoms with Crippen LogP contribution in [0.2, 0.25) is 0 Å². The minimum atomic E-state index is -0.581. The van der Waals surface area contributed by atoms with Crippen LogP contribution in [0.5, 0.6) is 0 Å². The monoisotopic (exact) mass is 547 g/mol. The summed E-state index contributed by atoms with van der Waals surface area (Å²) in [7, 11) is 0. The van der Waals surface area contributed by atoms with Crippen LogP contribution in [-0.4, -0.2) is 56.1 Å². The average Bonchev–Trinajstić information content (AvgIpc) is 3.23. The number of benzene rings is 1. The Morgan fingerprint density at radius 3 is 2.41 bits per heavy atom. The van der Waals surface area contributed by atoms with Gasteiger partial charge in [-0.15, -0.1) is 11.3 Å². The number of amides is 2. The van der Waals surface area contributed by atoms with Gasteiger partial charge in [-0.25, -0.2) is 9.97 Å². The molecule has 0 fully saturated rings. The van der Waals surface area contributed by atoms with Crippen molar-refractivity contribution in [3.05, 3.63) is 53.7 Å². The van der Waals surface area contributed by atoms with E-state index in [0.717, 1.165) is 5.56 Å². The Kier molecular flexibility index (Phi) is 7.96. The summed E-state index contributed by atoms with van der Waals surface area (Å²) in [6.45, 7) is 9.26. The van der Waals surface area contributed by atoms with Crippen LogP contribution in [0.25, 0.3) is 32.9 Å². The number of rotatable bonds is 8. The number of hydrogen-bond donors (Lipinski definition) is 5. The highest BCUT2D eigenvalue weighted by atomic mass is 32.1. The third-order valence-electron chi connectivity index (χ3n) is 5.76. The number of aromatic nitrogens is 3. The molecule has 0 unspecified atom stereocenters. The molecule has 1 aromatic carbocycles. The van der Waals surface area contributed by atoms with Crippen LogP contribution in [-0.2, 0) is 4.79 Å². The van der Waals surface area contributed by atoms with Gasteiger partial charge in [0.15, 0.2) is 5.82 Å². The molecule has 0 saturated carbocycles. The summed E-state index contributed by atoms with van der Waals surface area (Å²) in [5.41, 5.74) is 8.42. The number of fused-ring (bicyclic) bond motifs is 1. The largest absolute Gasteiger partial charge is 0.397 e. The van der Waals surface area contributed by atoms with E-state index >= 15 is 0 Å². The predicted molar refractivity (Wildman–Crippen MR) is 156 cm³/mol. The summed E-state index contributed by atoms with van der Waals surface area (Å²) in [5, 5.41) is 18.9. The number of pyridine rings is 1. The molecule has 4 rings (SSSR count). The number of carbonyl (C=O) groups excluding carboxylic acids is 2. The standard InChI is InChI=1S/C28H33N7O3S/c1-27(2,3)35-25(38)23-21(29)20-22(33-24(34-26(20)39-23)16-9-11-30-12-10-16)17-7-6-8-18(13-17)32-19(37)14-31-28(4,5)15-36/h6-13,31,36H,14-15,29H2,1-5H3,(H,32,37)(H,35,38). The Balaban J connectivity index is 1.78. The highest BCUT2D eigenvalue weighted by Gasteiger charge is 2.25. The first-order valence-electron chi connectivity index (χ1n) is 12.5. The van der Waals surface area contributed by atoms with Gasteiger partial charge in [0.1, 0.15) is 9.71 Å². The van der Waals surface area contributed by atoms with Crippen LogP contribution in [0, 0.1) is 0 Å². The SMILES string of the molecule is CC(C)(C)NC(=O)c1sc2nc(-c3ccncc3)nc(-c3cccc(NC(=O)CNC(C)(C)CO)c3)c2c1N. The van der Waals surface area contributed by atoms with Gasteiger partial charge in [0.2, 0.25) is 5.91 Å². The summed E-state index contributed by atoms with van der Waals surface area (Å²) in [5.74, 6) is -0.0669. The lowest BCUT2D eigenvalue weighted by molar-refractivity contribution is -0.115. The van der Waals surface area contributed by atoms with E-state index in [0.29, 0.717) is 43.6 Å². The van der Waals surface area contributed by atoms with Crippen molar-refractivity contribution in [2.75, 3.05) is 24.2 Å². The van der Waals surface area contributed by atoms with E-state index in [-0.39, 0.29) is 25.0 Å². The van der Waals surface area contributed by atoms with Crippen molar-refractivity contribution in [1.82, 2.24) is 25.6 Å². The number of carbonyl (C=O) groups is 2. The van der Waals surface area contributed by atoms with Crippen molar-refractivity contribution in [3.8, 4) is 22.6 Å². The molecule has 10 nitrogen and oxygen atoms in total. The lowest BCUT2D eigenvalue weighted by Gasteiger charge is -2.23. The zero-order valence-corrected chi connectivity index (χ0v) is 23.4. The van der Waals surface area contributed by atoms with Crippen molar-refractivity contribution < 1.29 is 14.7 Å². The Hall–Kier alpha value is -3.93. The first-order valence-corrected chi connectivity index (χ1v) is 13.3. The van der Waals surface area contributed by atoms with Gasteiger partial charge in [-0.3, -0.25) is 14.6 Å². The van der Waals surface area contributed by atoms with Gasteiger partial charge < -0.3 is 26.8 Å². The topological polar surface area (TPSA) is 155 Å². The first-order chi connectivity index (χ1) is 18.4. The highest BCUT2D eigenvalue weighted by Crippen LogP contribution is 2.40. The molecule has 0 saturated heterocycles. The minimum absolute atomic E-state index is 0.0332. The Labute approximate surface area is 231 Å². The smallest absolute Gasteiger partial charge is 0.263 e. The number of anilines is 2. The molecular weight excluding hydrogens is 514 g/mol. The number of aliphatic hydroxyl groups excluding tert-OH is 1. The van der Waals surface area contributed by atoms with Crippen molar-refractivity contribution in [2.24, 2.45) is 0 Å². The summed E-state index contributed by atoms with van der Waals surface area (Å²) in [6.07, 6.45) is 3.33. The maximum Gasteiger partial charge on any atom is 0.263 e. The van der Waals surface area contributed by atoms with Crippen molar-refractivity contribution in [3.63, 3.8) is 0 Å². The third kappa shape index (κ3) is 6.75. The molecule has 3 aromatic heterocycles. The minimum Gasteiger partial charge on any atom is -0.397 e. The summed E-state index contributed by atoms with van der Waals surface area (Å²) >= 11 is 1.21. The van der Waals surface area contributed by atoms with Gasteiger partial charge in [0, 0.05) is 40.3 Å². The summed E-state index contributed by atoms with van der Waals surface area (Å²) in [4.78, 5) is 40.3. The zero-order valence-electron chi connectivity index (χ0n) is 22.6. The quantitative estimate of drug-likeness (QED) is 0.223. The molecule has 11 heteroatoms. The molecule has 2 amide bonds. The van der Waals surface area contributed by atoms with Gasteiger partial charge in [-0.05, 0) is 58.9 Å². The van der Waals surface area contributed by atoms with Gasteiger partial charge in [-0.1, -0.05) is 12.1 Å². The number of nitrogens with zero attached hydrogens (tertiary/aromatic N) is 3. The molecule has 0 radical (unpaired) electrons. The van der Waals surface area contributed by atoms with E-state index in [9.17, 15) is 14.7 Å². The molecule has 0 aliphatic rings. The van der Waals surface area contributed by atoms with Crippen LogP contribution in [0.15, 0.2) is 48.8 Å². The molecule has 0 spiro atoms. The second kappa shape index (κ2) is 11.0. The molecule has 6 N–H and O–H groups in total. The molecule has 204 valence electrons. The Morgan fingerprint density at radius 2 is 1.74 bits per heavy atom. The molecule has 3 heterocycles. The molecule has 0 atom stereocenters. The molecular formula is C28H33N7O3S. The fraction of sp³-hybridized carbons (Fsp3) is 0.321. The van der Waals surface area contributed by atoms with Gasteiger partial charge >= 0.3 is 0 Å². The maximum atomic E-state index is 13.1. The fourth-order valence-electron chi connectivity index (χ4n) is 3.75. The first kappa shape index (κ1) is 28.1. The molecule has 4 aromatic rings. The van der Waals surface area contributed by atoms with E-state index in [2.05, 4.69) is 20.9 Å². The zero-order chi connectivity index (χ0) is 28.4. The Bertz CT molecular complexity index is 1510. The lowest BCUT2D eigenvalue weighted by atomic mass is 10.1. The van der Waals surface area contributed by atoms with Crippen LogP contribution in [0.1, 0.15) is 44.3 Å². The Morgan fingerprint density at radius 1 is 1.03 bits per heavy atom. The number of aliphatic hydroxyl groups is 1. The van der Waals surface area contributed by atoms with Crippen molar-refractivity contribution in [2.45, 2.75) is 45.7 Å². The number of nitrogens with one attached hydrogen (secondary N) is 3. The highest BCUT2D eigenvalue weighted by molar-refractivity contribution is 7.21. The predicted octanol–water partition coefficient (Wildman–Crippen LogP) is 3.83. The van der Waals surface area contributed by atoms with E-state index in [1.165, 1.54) is 11.3 Å². The fourth-order valence-corrected chi connectivity index (χ4v) is 4.74. The number of nitrogens with two attached hydrogens (primary N) is 1. The lowest BCUT2D eigenvalue weighted by Crippen LogP contribution is -2.46. The third-order valence-corrected chi connectivity index (χ3v) is 6.86. The van der Waals surface area contributed by atoms with Crippen LogP contribution in [0.4, 0.5) is 11.4 Å². The average molecular weight is 548 g/mol. The van der Waals surface area contributed by atoms with Crippen LogP contribution < -0.4 is 21.7 Å². The van der Waals surface area contributed by atoms with E-state index < -0.39 is 11.1 Å².